The fourth-order valence-electron chi connectivity index (χ4n) is 1.49. The molecule has 1 aromatic heterocycles. The Labute approximate surface area is 140 Å². The number of nitrogens with two attached hydrogens (primary N) is 1. The minimum absolute atomic E-state index is 0.132. The maximum absolute atomic E-state index is 12.3. The summed E-state index contributed by atoms with van der Waals surface area (Å²) in [5.74, 6) is 0.547. The van der Waals surface area contributed by atoms with Crippen LogP contribution < -0.4 is 15.2 Å². The van der Waals surface area contributed by atoms with Crippen molar-refractivity contribution in [2.75, 3.05) is 17.9 Å². The molecule has 5 nitrogen and oxygen atoms in total. The number of halogens is 2. The van der Waals surface area contributed by atoms with Crippen LogP contribution in [-0.4, -0.2) is 21.6 Å². The van der Waals surface area contributed by atoms with Gasteiger partial charge in [-0.15, -0.1) is 11.3 Å². The molecule has 9 heteroatoms. The Morgan fingerprint density at radius 3 is 2.76 bits per heavy atom. The molecule has 2 rings (SSSR count). The SMILES string of the molecule is NCCOc1cccc(NS(=O)(=O)c2cc(Cl)c(Br)s2)c1. The lowest BCUT2D eigenvalue weighted by atomic mass is 10.3. The fraction of sp³-hybridized carbons (Fsp3) is 0.167. The maximum atomic E-state index is 12.3. The monoisotopic (exact) mass is 410 g/mol. The average Bonchev–Trinajstić information content (AvgIpc) is 2.77. The highest BCUT2D eigenvalue weighted by Gasteiger charge is 2.19. The molecular weight excluding hydrogens is 400 g/mol. The van der Waals surface area contributed by atoms with Gasteiger partial charge in [0.25, 0.3) is 10.0 Å². The quantitative estimate of drug-likeness (QED) is 0.764. The second kappa shape index (κ2) is 6.97. The van der Waals surface area contributed by atoms with Crippen LogP contribution in [0, 0.1) is 0 Å². The van der Waals surface area contributed by atoms with E-state index in [-0.39, 0.29) is 4.21 Å². The molecular formula is C12H12BrClN2O3S2. The number of hydrogen-bond acceptors (Lipinski definition) is 5. The molecule has 1 heterocycles. The normalized spacial score (nSPS) is 11.4. The molecule has 0 fully saturated rings. The first-order chi connectivity index (χ1) is 9.92. The van der Waals surface area contributed by atoms with E-state index in [1.807, 2.05) is 0 Å². The van der Waals surface area contributed by atoms with Gasteiger partial charge in [0.05, 0.1) is 14.5 Å². The smallest absolute Gasteiger partial charge is 0.271 e. The van der Waals surface area contributed by atoms with E-state index in [1.165, 1.54) is 6.07 Å². The van der Waals surface area contributed by atoms with E-state index in [1.54, 1.807) is 24.3 Å². The average molecular weight is 412 g/mol. The molecule has 0 saturated carbocycles. The van der Waals surface area contributed by atoms with Gasteiger partial charge in [0.2, 0.25) is 0 Å². The molecule has 0 atom stereocenters. The highest BCUT2D eigenvalue weighted by atomic mass is 79.9. The lowest BCUT2D eigenvalue weighted by molar-refractivity contribution is 0.328. The van der Waals surface area contributed by atoms with Gasteiger partial charge in [-0.25, -0.2) is 8.42 Å². The molecule has 0 amide bonds. The molecule has 0 aliphatic heterocycles. The molecule has 0 aliphatic carbocycles. The van der Waals surface area contributed by atoms with E-state index in [0.29, 0.717) is 33.4 Å². The molecule has 0 bridgehead atoms. The van der Waals surface area contributed by atoms with Crippen LogP contribution in [0.5, 0.6) is 5.75 Å². The minimum atomic E-state index is -3.68. The number of anilines is 1. The van der Waals surface area contributed by atoms with E-state index < -0.39 is 10.0 Å². The van der Waals surface area contributed by atoms with Gasteiger partial charge in [0, 0.05) is 12.6 Å². The molecule has 1 aromatic carbocycles. The number of hydrogen-bond donors (Lipinski definition) is 2. The molecule has 2 aromatic rings. The van der Waals surface area contributed by atoms with Crippen molar-refractivity contribution in [3.8, 4) is 5.75 Å². The summed E-state index contributed by atoms with van der Waals surface area (Å²) in [5, 5.41) is 0.361. The first kappa shape index (κ1) is 16.6. The first-order valence-electron chi connectivity index (χ1n) is 5.83. The summed E-state index contributed by atoms with van der Waals surface area (Å²) >= 11 is 10.1. The molecule has 0 saturated heterocycles. The van der Waals surface area contributed by atoms with Crippen LogP contribution in [0.3, 0.4) is 0 Å². The lowest BCUT2D eigenvalue weighted by Gasteiger charge is -2.09. The minimum Gasteiger partial charge on any atom is -0.492 e. The summed E-state index contributed by atoms with van der Waals surface area (Å²) < 4.78 is 33.0. The fourth-order valence-corrected chi connectivity index (χ4v) is 4.94. The van der Waals surface area contributed by atoms with Crippen molar-refractivity contribution >= 4 is 54.6 Å². The molecule has 21 heavy (non-hydrogen) atoms. The van der Waals surface area contributed by atoms with E-state index in [4.69, 9.17) is 22.1 Å². The summed E-state index contributed by atoms with van der Waals surface area (Å²) in [5.41, 5.74) is 5.76. The first-order valence-corrected chi connectivity index (χ1v) is 9.30. The van der Waals surface area contributed by atoms with Crippen molar-refractivity contribution in [2.24, 2.45) is 5.73 Å². The van der Waals surface area contributed by atoms with Gasteiger partial charge in [0.15, 0.2) is 0 Å². The van der Waals surface area contributed by atoms with Gasteiger partial charge in [0.1, 0.15) is 16.6 Å². The van der Waals surface area contributed by atoms with Crippen LogP contribution in [0.4, 0.5) is 5.69 Å². The van der Waals surface area contributed by atoms with Crippen molar-refractivity contribution in [3.63, 3.8) is 0 Å². The van der Waals surface area contributed by atoms with Crippen LogP contribution in [-0.2, 0) is 10.0 Å². The summed E-state index contributed by atoms with van der Waals surface area (Å²) in [6.45, 7) is 0.751. The summed E-state index contributed by atoms with van der Waals surface area (Å²) in [7, 11) is -3.68. The Morgan fingerprint density at radius 1 is 1.38 bits per heavy atom. The number of nitrogens with one attached hydrogen (secondary N) is 1. The van der Waals surface area contributed by atoms with Gasteiger partial charge in [-0.2, -0.15) is 0 Å². The van der Waals surface area contributed by atoms with Crippen molar-refractivity contribution in [1.82, 2.24) is 0 Å². The Balaban J connectivity index is 2.20. The van der Waals surface area contributed by atoms with Gasteiger partial charge < -0.3 is 10.5 Å². The highest BCUT2D eigenvalue weighted by molar-refractivity contribution is 9.11. The number of sulfonamides is 1. The third kappa shape index (κ3) is 4.33. The van der Waals surface area contributed by atoms with Crippen LogP contribution >= 0.6 is 38.9 Å². The van der Waals surface area contributed by atoms with Gasteiger partial charge in [-0.05, 0) is 34.1 Å². The second-order valence-electron chi connectivity index (χ2n) is 3.96. The second-order valence-corrected chi connectivity index (χ2v) is 8.64. The number of ether oxygens (including phenoxy) is 1. The number of thiophene rings is 1. The Kier molecular flexibility index (Phi) is 5.50. The van der Waals surface area contributed by atoms with Crippen LogP contribution in [0.1, 0.15) is 0 Å². The zero-order valence-corrected chi connectivity index (χ0v) is 14.7. The van der Waals surface area contributed by atoms with E-state index in [9.17, 15) is 8.42 Å². The van der Waals surface area contributed by atoms with E-state index in [0.717, 1.165) is 11.3 Å². The van der Waals surface area contributed by atoms with Crippen molar-refractivity contribution < 1.29 is 13.2 Å². The maximum Gasteiger partial charge on any atom is 0.271 e. The third-order valence-electron chi connectivity index (χ3n) is 2.36. The summed E-state index contributed by atoms with van der Waals surface area (Å²) in [6.07, 6.45) is 0. The molecule has 0 aliphatic rings. The number of benzene rings is 1. The Morgan fingerprint density at radius 2 is 2.14 bits per heavy atom. The standard InChI is InChI=1S/C12H12BrClN2O3S2/c13-12-10(14)7-11(20-12)21(17,18)16-8-2-1-3-9(6-8)19-5-4-15/h1-3,6-7,16H,4-5,15H2. The van der Waals surface area contributed by atoms with E-state index >= 15 is 0 Å². The summed E-state index contributed by atoms with van der Waals surface area (Å²) in [6, 6.07) is 8.05. The molecule has 3 N–H and O–H groups in total. The van der Waals surface area contributed by atoms with Crippen molar-refractivity contribution in [3.05, 3.63) is 39.1 Å². The molecule has 114 valence electrons. The predicted octanol–water partition coefficient (Wildman–Crippen LogP) is 3.30. The zero-order valence-electron chi connectivity index (χ0n) is 10.7. The van der Waals surface area contributed by atoms with E-state index in [2.05, 4.69) is 20.7 Å². The topological polar surface area (TPSA) is 81.4 Å². The van der Waals surface area contributed by atoms with Gasteiger partial charge in [-0.3, -0.25) is 4.72 Å². The van der Waals surface area contributed by atoms with Crippen LogP contribution in [0.15, 0.2) is 38.3 Å². The highest BCUT2D eigenvalue weighted by Crippen LogP contribution is 2.35. The Hall–Kier alpha value is -0.800. The van der Waals surface area contributed by atoms with Crippen LogP contribution in [0.25, 0.3) is 0 Å². The molecule has 0 unspecified atom stereocenters. The van der Waals surface area contributed by atoms with Gasteiger partial charge in [-0.1, -0.05) is 17.7 Å². The van der Waals surface area contributed by atoms with Crippen molar-refractivity contribution in [2.45, 2.75) is 4.21 Å². The van der Waals surface area contributed by atoms with Crippen LogP contribution in [0.2, 0.25) is 5.02 Å². The number of rotatable bonds is 6. The van der Waals surface area contributed by atoms with Gasteiger partial charge >= 0.3 is 0 Å². The van der Waals surface area contributed by atoms with Crippen molar-refractivity contribution in [1.29, 1.82) is 0 Å². The molecule has 0 radical (unpaired) electrons. The third-order valence-corrected chi connectivity index (χ3v) is 6.69. The largest absolute Gasteiger partial charge is 0.492 e. The zero-order chi connectivity index (χ0) is 15.5. The Bertz CT molecular complexity index is 714. The predicted molar refractivity (Wildman–Crippen MR) is 88.8 cm³/mol. The summed E-state index contributed by atoms with van der Waals surface area (Å²) in [4.78, 5) is 0. The molecule has 0 spiro atoms. The lowest BCUT2D eigenvalue weighted by Crippen LogP contribution is -2.12.